The van der Waals surface area contributed by atoms with Gasteiger partial charge in [-0.3, -0.25) is 14.7 Å². The summed E-state index contributed by atoms with van der Waals surface area (Å²) in [7, 11) is 0. The van der Waals surface area contributed by atoms with E-state index in [1.165, 1.54) is 6.92 Å². The standard InChI is InChI=1S/C20H21N3O5/c1-11(24)15-5-3-14(8-22-15)13-4-6-16-18(7-13)27-10-17-19(9-21-12(2)25)28-20(26)23(16)17/h3-8,11,17,19,24H,9-10H2,1-2H3,(H,21,25)/t11?,17-,19-/m0/s1. The van der Waals surface area contributed by atoms with Gasteiger partial charge in [-0.25, -0.2) is 4.79 Å². The van der Waals surface area contributed by atoms with Crippen LogP contribution in [0.25, 0.3) is 11.1 Å². The summed E-state index contributed by atoms with van der Waals surface area (Å²) in [4.78, 5) is 29.4. The van der Waals surface area contributed by atoms with Crippen molar-refractivity contribution in [2.24, 2.45) is 0 Å². The number of anilines is 1. The number of nitrogens with one attached hydrogen (secondary N) is 1. The number of aliphatic hydroxyl groups excluding tert-OH is 1. The van der Waals surface area contributed by atoms with Gasteiger partial charge in [0, 0.05) is 18.7 Å². The molecule has 1 aromatic carbocycles. The zero-order chi connectivity index (χ0) is 19.8. The van der Waals surface area contributed by atoms with Gasteiger partial charge in [-0.2, -0.15) is 0 Å². The van der Waals surface area contributed by atoms with Crippen LogP contribution in [0.5, 0.6) is 5.75 Å². The van der Waals surface area contributed by atoms with Gasteiger partial charge in [-0.15, -0.1) is 0 Å². The van der Waals surface area contributed by atoms with Crippen LogP contribution in [-0.4, -0.2) is 47.4 Å². The Hall–Kier alpha value is -3.13. The van der Waals surface area contributed by atoms with Crippen LogP contribution in [0.4, 0.5) is 10.5 Å². The lowest BCUT2D eigenvalue weighted by atomic mass is 10.0. The number of benzene rings is 1. The van der Waals surface area contributed by atoms with Gasteiger partial charge >= 0.3 is 6.09 Å². The van der Waals surface area contributed by atoms with Gasteiger partial charge in [0.15, 0.2) is 0 Å². The molecule has 0 aliphatic carbocycles. The van der Waals surface area contributed by atoms with Crippen molar-refractivity contribution >= 4 is 17.7 Å². The highest BCUT2D eigenvalue weighted by Gasteiger charge is 2.46. The summed E-state index contributed by atoms with van der Waals surface area (Å²) in [6.45, 7) is 3.62. The van der Waals surface area contributed by atoms with Crippen molar-refractivity contribution in [2.45, 2.75) is 32.1 Å². The molecule has 28 heavy (non-hydrogen) atoms. The highest BCUT2D eigenvalue weighted by Crippen LogP contribution is 2.40. The second-order valence-electron chi connectivity index (χ2n) is 6.94. The lowest BCUT2D eigenvalue weighted by Gasteiger charge is -2.31. The molecule has 1 fully saturated rings. The number of nitrogens with zero attached hydrogens (tertiary/aromatic N) is 2. The molecular formula is C20H21N3O5. The van der Waals surface area contributed by atoms with E-state index < -0.39 is 18.3 Å². The average Bonchev–Trinajstić information content (AvgIpc) is 3.02. The van der Waals surface area contributed by atoms with Crippen molar-refractivity contribution in [2.75, 3.05) is 18.1 Å². The first-order valence-electron chi connectivity index (χ1n) is 9.09. The maximum absolute atomic E-state index is 12.4. The van der Waals surface area contributed by atoms with E-state index in [2.05, 4.69) is 10.3 Å². The highest BCUT2D eigenvalue weighted by atomic mass is 16.6. The Bertz CT molecular complexity index is 913. The van der Waals surface area contributed by atoms with Crippen LogP contribution in [0, 0.1) is 0 Å². The van der Waals surface area contributed by atoms with E-state index in [4.69, 9.17) is 9.47 Å². The number of fused-ring (bicyclic) bond motifs is 3. The van der Waals surface area contributed by atoms with E-state index in [0.29, 0.717) is 17.1 Å². The third kappa shape index (κ3) is 3.27. The van der Waals surface area contributed by atoms with Crippen molar-refractivity contribution < 1.29 is 24.2 Å². The van der Waals surface area contributed by atoms with Gasteiger partial charge in [-0.1, -0.05) is 12.1 Å². The fraction of sp³-hybridized carbons (Fsp3) is 0.350. The van der Waals surface area contributed by atoms with E-state index in [-0.39, 0.29) is 25.1 Å². The molecule has 0 bridgehead atoms. The Morgan fingerprint density at radius 3 is 2.82 bits per heavy atom. The molecule has 1 saturated heterocycles. The van der Waals surface area contributed by atoms with E-state index in [1.54, 1.807) is 24.1 Å². The fourth-order valence-electron chi connectivity index (χ4n) is 3.45. The summed E-state index contributed by atoms with van der Waals surface area (Å²) in [6, 6.07) is 8.94. The molecule has 1 unspecified atom stereocenters. The largest absolute Gasteiger partial charge is 0.489 e. The normalized spacial score (nSPS) is 21.2. The number of aromatic nitrogens is 1. The summed E-state index contributed by atoms with van der Waals surface area (Å²) in [6.07, 6.45) is 0.176. The predicted molar refractivity (Wildman–Crippen MR) is 101 cm³/mol. The molecule has 4 rings (SSSR count). The number of carbonyl (C=O) groups is 2. The van der Waals surface area contributed by atoms with Crippen LogP contribution < -0.4 is 15.0 Å². The second kappa shape index (κ2) is 7.12. The first-order chi connectivity index (χ1) is 13.4. The Morgan fingerprint density at radius 2 is 2.14 bits per heavy atom. The smallest absolute Gasteiger partial charge is 0.415 e. The topological polar surface area (TPSA) is 101 Å². The Kier molecular flexibility index (Phi) is 4.64. The maximum Gasteiger partial charge on any atom is 0.415 e. The number of amides is 2. The molecule has 1 aromatic heterocycles. The number of hydrogen-bond acceptors (Lipinski definition) is 6. The van der Waals surface area contributed by atoms with Crippen LogP contribution in [0.1, 0.15) is 25.6 Å². The van der Waals surface area contributed by atoms with Crippen molar-refractivity contribution in [3.63, 3.8) is 0 Å². The van der Waals surface area contributed by atoms with E-state index in [9.17, 15) is 14.7 Å². The summed E-state index contributed by atoms with van der Waals surface area (Å²) in [5.41, 5.74) is 3.02. The van der Waals surface area contributed by atoms with Gasteiger partial charge in [-0.05, 0) is 30.7 Å². The molecule has 3 atom stereocenters. The zero-order valence-corrected chi connectivity index (χ0v) is 15.6. The molecule has 2 N–H and O–H groups in total. The Morgan fingerprint density at radius 1 is 1.36 bits per heavy atom. The van der Waals surface area contributed by atoms with Crippen molar-refractivity contribution in [1.29, 1.82) is 0 Å². The first-order valence-corrected chi connectivity index (χ1v) is 9.09. The number of ether oxygens (including phenoxy) is 2. The van der Waals surface area contributed by atoms with Crippen LogP contribution in [0.2, 0.25) is 0 Å². The third-order valence-electron chi connectivity index (χ3n) is 4.94. The number of rotatable bonds is 4. The minimum atomic E-state index is -0.621. The van der Waals surface area contributed by atoms with Crippen molar-refractivity contribution in [3.05, 3.63) is 42.2 Å². The van der Waals surface area contributed by atoms with Gasteiger partial charge in [0.25, 0.3) is 0 Å². The third-order valence-corrected chi connectivity index (χ3v) is 4.94. The van der Waals surface area contributed by atoms with Gasteiger partial charge < -0.3 is 19.9 Å². The predicted octanol–water partition coefficient (Wildman–Crippen LogP) is 2.02. The molecule has 8 heteroatoms. The Labute approximate surface area is 162 Å². The lowest BCUT2D eigenvalue weighted by Crippen LogP contribution is -2.47. The molecule has 2 aliphatic rings. The van der Waals surface area contributed by atoms with Crippen LogP contribution in [-0.2, 0) is 9.53 Å². The average molecular weight is 383 g/mol. The maximum atomic E-state index is 12.4. The van der Waals surface area contributed by atoms with E-state index >= 15 is 0 Å². The van der Waals surface area contributed by atoms with Crippen LogP contribution >= 0.6 is 0 Å². The molecule has 3 heterocycles. The molecular weight excluding hydrogens is 362 g/mol. The van der Waals surface area contributed by atoms with Gasteiger partial charge in [0.1, 0.15) is 24.5 Å². The SMILES string of the molecule is CC(=O)NC[C@@H]1OC(=O)N2c3ccc(-c4ccc(C(C)O)nc4)cc3OC[C@@H]12. The number of carbonyl (C=O) groups excluding carboxylic acids is 2. The summed E-state index contributed by atoms with van der Waals surface area (Å²) < 4.78 is 11.3. The molecule has 2 aliphatic heterocycles. The molecule has 0 saturated carbocycles. The quantitative estimate of drug-likeness (QED) is 0.838. The summed E-state index contributed by atoms with van der Waals surface area (Å²) in [5.74, 6) is 0.414. The van der Waals surface area contributed by atoms with Crippen LogP contribution in [0.3, 0.4) is 0 Å². The molecule has 2 aromatic rings. The molecule has 146 valence electrons. The molecule has 0 spiro atoms. The zero-order valence-electron chi connectivity index (χ0n) is 15.6. The number of cyclic esters (lactones) is 1. The molecule has 0 radical (unpaired) electrons. The summed E-state index contributed by atoms with van der Waals surface area (Å²) in [5, 5.41) is 12.3. The fourth-order valence-corrected chi connectivity index (χ4v) is 3.45. The first kappa shape index (κ1) is 18.2. The lowest BCUT2D eigenvalue weighted by molar-refractivity contribution is -0.119. The van der Waals surface area contributed by atoms with Crippen molar-refractivity contribution in [1.82, 2.24) is 10.3 Å². The number of hydrogen-bond donors (Lipinski definition) is 2. The van der Waals surface area contributed by atoms with Gasteiger partial charge in [0.05, 0.1) is 24.0 Å². The van der Waals surface area contributed by atoms with Gasteiger partial charge in [0.2, 0.25) is 5.91 Å². The molecule has 2 amide bonds. The molecule has 8 nitrogen and oxygen atoms in total. The highest BCUT2D eigenvalue weighted by molar-refractivity contribution is 5.94. The number of aliphatic hydroxyl groups is 1. The van der Waals surface area contributed by atoms with E-state index in [0.717, 1.165) is 11.1 Å². The summed E-state index contributed by atoms with van der Waals surface area (Å²) >= 11 is 0. The number of pyridine rings is 1. The van der Waals surface area contributed by atoms with Crippen molar-refractivity contribution in [3.8, 4) is 16.9 Å². The van der Waals surface area contributed by atoms with Crippen LogP contribution in [0.15, 0.2) is 36.5 Å². The van der Waals surface area contributed by atoms with E-state index in [1.807, 2.05) is 24.3 Å². The Balaban J connectivity index is 1.58. The monoisotopic (exact) mass is 383 g/mol. The minimum absolute atomic E-state index is 0.175. The second-order valence-corrected chi connectivity index (χ2v) is 6.94. The minimum Gasteiger partial charge on any atom is -0.489 e.